The number of anilines is 3. The molecule has 0 aliphatic heterocycles. The normalized spacial score (nSPS) is 12.8. The van der Waals surface area contributed by atoms with Crippen molar-refractivity contribution in [1.82, 2.24) is 0 Å². The van der Waals surface area contributed by atoms with Crippen LogP contribution in [0, 0.1) is 0 Å². The first kappa shape index (κ1) is 39.2. The van der Waals surface area contributed by atoms with Gasteiger partial charge in [-0.05, 0) is 120 Å². The van der Waals surface area contributed by atoms with Gasteiger partial charge in [0.1, 0.15) is 11.2 Å². The summed E-state index contributed by atoms with van der Waals surface area (Å²) < 4.78 is 6.83. The Bertz CT molecular complexity index is 3890. The van der Waals surface area contributed by atoms with Crippen LogP contribution < -0.4 is 4.90 Å². The quantitative estimate of drug-likeness (QED) is 0.159. The van der Waals surface area contributed by atoms with Gasteiger partial charge in [-0.3, -0.25) is 0 Å². The van der Waals surface area contributed by atoms with Gasteiger partial charge in [0.15, 0.2) is 0 Å². The van der Waals surface area contributed by atoms with E-state index in [1.54, 1.807) is 0 Å². The molecule has 1 heterocycles. The van der Waals surface area contributed by atoms with Crippen molar-refractivity contribution in [2.75, 3.05) is 4.90 Å². The number of fused-ring (bicyclic) bond motifs is 13. The molecule has 0 radical (unpaired) electrons. The maximum Gasteiger partial charge on any atom is 0.143 e. The number of furan rings is 1. The molecule has 2 nitrogen and oxygen atoms in total. The Morgan fingerprint density at radius 1 is 0.246 bits per heavy atom. The van der Waals surface area contributed by atoms with E-state index >= 15 is 0 Å². The lowest BCUT2D eigenvalue weighted by Crippen LogP contribution is -2.25. The first-order valence-corrected chi connectivity index (χ1v) is 23.8. The van der Waals surface area contributed by atoms with E-state index in [2.05, 4.69) is 266 Å². The van der Waals surface area contributed by atoms with E-state index in [1.807, 2.05) is 0 Å². The van der Waals surface area contributed by atoms with Gasteiger partial charge in [-0.15, -0.1) is 0 Å². The predicted octanol–water partition coefficient (Wildman–Crippen LogP) is 18.1. The molecule has 2 aliphatic carbocycles. The van der Waals surface area contributed by atoms with Crippen LogP contribution in [0.15, 0.2) is 265 Å². The number of rotatable bonds is 7. The van der Waals surface area contributed by atoms with Gasteiger partial charge in [0.05, 0.1) is 5.41 Å². The Balaban J connectivity index is 0.876. The third-order valence-electron chi connectivity index (χ3n) is 14.7. The lowest BCUT2D eigenvalue weighted by molar-refractivity contribution is 0.671. The van der Waals surface area contributed by atoms with Crippen LogP contribution in [-0.4, -0.2) is 0 Å². The molecule has 0 atom stereocenters. The molecular weight excluding hydrogens is 835 g/mol. The Morgan fingerprint density at radius 3 is 1.22 bits per heavy atom. The number of hydrogen-bond acceptors (Lipinski definition) is 2. The molecule has 0 fully saturated rings. The highest BCUT2D eigenvalue weighted by atomic mass is 16.3. The predicted molar refractivity (Wildman–Crippen MR) is 286 cm³/mol. The zero-order valence-corrected chi connectivity index (χ0v) is 37.7. The fourth-order valence-corrected chi connectivity index (χ4v) is 11.7. The van der Waals surface area contributed by atoms with Gasteiger partial charge in [0.2, 0.25) is 0 Å². The molecule has 11 aromatic carbocycles. The molecule has 0 amide bonds. The first-order chi connectivity index (χ1) is 34.2. The largest absolute Gasteiger partial charge is 0.455 e. The molecule has 2 aliphatic rings. The third kappa shape index (κ3) is 5.99. The fraction of sp³-hybridized carbons (Fsp3) is 0.0149. The Kier molecular flexibility index (Phi) is 8.84. The minimum atomic E-state index is -0.392. The molecule has 69 heavy (non-hydrogen) atoms. The second kappa shape index (κ2) is 15.6. The minimum absolute atomic E-state index is 0.392. The maximum absolute atomic E-state index is 6.83. The van der Waals surface area contributed by atoms with Crippen LogP contribution in [0.5, 0.6) is 0 Å². The molecule has 322 valence electrons. The summed E-state index contributed by atoms with van der Waals surface area (Å²) >= 11 is 0. The van der Waals surface area contributed by atoms with Crippen molar-refractivity contribution in [3.8, 4) is 66.8 Å². The van der Waals surface area contributed by atoms with Crippen LogP contribution >= 0.6 is 0 Å². The van der Waals surface area contributed by atoms with E-state index in [0.29, 0.717) is 0 Å². The van der Waals surface area contributed by atoms with E-state index in [-0.39, 0.29) is 0 Å². The lowest BCUT2D eigenvalue weighted by atomic mass is 9.70. The lowest BCUT2D eigenvalue weighted by Gasteiger charge is -2.31. The summed E-state index contributed by atoms with van der Waals surface area (Å²) in [6.07, 6.45) is 0. The summed E-state index contributed by atoms with van der Waals surface area (Å²) in [4.78, 5) is 2.41. The number of para-hydroxylation sites is 2. The van der Waals surface area contributed by atoms with Gasteiger partial charge >= 0.3 is 0 Å². The summed E-state index contributed by atoms with van der Waals surface area (Å²) in [6.45, 7) is 0. The Morgan fingerprint density at radius 2 is 0.638 bits per heavy atom. The average Bonchev–Trinajstić information content (AvgIpc) is 4.06. The fourth-order valence-electron chi connectivity index (χ4n) is 11.7. The molecule has 0 bridgehead atoms. The number of benzene rings is 11. The molecule has 0 unspecified atom stereocenters. The first-order valence-electron chi connectivity index (χ1n) is 23.8. The van der Waals surface area contributed by atoms with E-state index in [1.165, 1.54) is 55.6 Å². The Hall–Kier alpha value is -8.98. The zero-order chi connectivity index (χ0) is 45.5. The highest BCUT2D eigenvalue weighted by Gasteiger charge is 2.51. The SMILES string of the molecule is c1ccc(-c2ccc(N(c3ccc(-c4cccc(-c5cccc6c5oc5c(-c7ccccc7)cccc56)c4)cc3)c3ccc4c(c3)-c3ccccc3C43c4ccccc4-c4ccccc43)cc2)cc1. The van der Waals surface area contributed by atoms with Gasteiger partial charge in [-0.2, -0.15) is 0 Å². The highest BCUT2D eigenvalue weighted by Crippen LogP contribution is 2.63. The van der Waals surface area contributed by atoms with Crippen molar-refractivity contribution in [3.05, 3.63) is 283 Å². The maximum atomic E-state index is 6.83. The molecular formula is C67H43NO. The molecule has 2 heteroatoms. The van der Waals surface area contributed by atoms with Crippen LogP contribution in [0.2, 0.25) is 0 Å². The van der Waals surface area contributed by atoms with Crippen molar-refractivity contribution >= 4 is 39.0 Å². The minimum Gasteiger partial charge on any atom is -0.455 e. The van der Waals surface area contributed by atoms with E-state index in [0.717, 1.165) is 72.4 Å². The van der Waals surface area contributed by atoms with Crippen LogP contribution in [0.4, 0.5) is 17.1 Å². The standard InChI is InChI=1S/C67H43NO/c1-3-16-44(17-4-1)45-32-36-50(37-33-45)68(52-40-41-64-60(43-52)57-24-9-12-31-63(57)67(64)61-29-10-7-22-55(61)56-23-8-11-30-62(56)67)51-38-34-46(35-39-51)48-20-13-21-49(42-48)54-26-15-28-59-58-27-14-25-53(65(58)69-66(54)59)47-18-5-2-6-19-47/h1-43H. The summed E-state index contributed by atoms with van der Waals surface area (Å²) in [5, 5.41) is 2.25. The molecule has 14 rings (SSSR count). The Labute approximate surface area is 401 Å². The van der Waals surface area contributed by atoms with Crippen molar-refractivity contribution in [2.24, 2.45) is 0 Å². The summed E-state index contributed by atoms with van der Waals surface area (Å²) in [7, 11) is 0. The van der Waals surface area contributed by atoms with Gasteiger partial charge < -0.3 is 9.32 Å². The van der Waals surface area contributed by atoms with Crippen molar-refractivity contribution < 1.29 is 4.42 Å². The second-order valence-corrected chi connectivity index (χ2v) is 18.3. The molecule has 0 saturated heterocycles. The van der Waals surface area contributed by atoms with Crippen LogP contribution in [0.25, 0.3) is 88.7 Å². The van der Waals surface area contributed by atoms with Crippen molar-refractivity contribution in [3.63, 3.8) is 0 Å². The summed E-state index contributed by atoms with van der Waals surface area (Å²) in [5.74, 6) is 0. The smallest absolute Gasteiger partial charge is 0.143 e. The van der Waals surface area contributed by atoms with Gasteiger partial charge in [-0.25, -0.2) is 0 Å². The summed E-state index contributed by atoms with van der Waals surface area (Å²) in [6, 6.07) is 95.2. The second-order valence-electron chi connectivity index (χ2n) is 18.3. The van der Waals surface area contributed by atoms with Gasteiger partial charge in [-0.1, -0.05) is 218 Å². The van der Waals surface area contributed by atoms with Crippen LogP contribution in [-0.2, 0) is 5.41 Å². The topological polar surface area (TPSA) is 16.4 Å². The highest BCUT2D eigenvalue weighted by molar-refractivity contribution is 6.13. The average molecular weight is 878 g/mol. The number of nitrogens with zero attached hydrogens (tertiary/aromatic N) is 1. The van der Waals surface area contributed by atoms with E-state index in [4.69, 9.17) is 4.42 Å². The van der Waals surface area contributed by atoms with E-state index in [9.17, 15) is 0 Å². The molecule has 0 saturated carbocycles. The van der Waals surface area contributed by atoms with E-state index < -0.39 is 5.41 Å². The van der Waals surface area contributed by atoms with Crippen LogP contribution in [0.1, 0.15) is 22.3 Å². The summed E-state index contributed by atoms with van der Waals surface area (Å²) in [5.41, 5.74) is 24.4. The van der Waals surface area contributed by atoms with Gasteiger partial charge in [0.25, 0.3) is 0 Å². The monoisotopic (exact) mass is 877 g/mol. The van der Waals surface area contributed by atoms with Gasteiger partial charge in [0, 0.05) is 39.0 Å². The molecule has 12 aromatic rings. The van der Waals surface area contributed by atoms with Crippen molar-refractivity contribution in [2.45, 2.75) is 5.41 Å². The molecule has 1 aromatic heterocycles. The van der Waals surface area contributed by atoms with Crippen LogP contribution in [0.3, 0.4) is 0 Å². The molecule has 1 spiro atoms. The third-order valence-corrected chi connectivity index (χ3v) is 14.7. The molecule has 0 N–H and O–H groups in total. The zero-order valence-electron chi connectivity index (χ0n) is 37.7. The number of hydrogen-bond donors (Lipinski definition) is 0. The van der Waals surface area contributed by atoms with Crippen molar-refractivity contribution in [1.29, 1.82) is 0 Å².